The first-order chi connectivity index (χ1) is 8.50. The fourth-order valence-corrected chi connectivity index (χ4v) is 2.17. The molecule has 6 heteroatoms. The predicted octanol–water partition coefficient (Wildman–Crippen LogP) is 1.56. The van der Waals surface area contributed by atoms with Crippen LogP contribution < -0.4 is 9.64 Å². The number of benzene rings is 1. The molecule has 0 aliphatic carbocycles. The molecule has 1 aromatic rings. The topological polar surface area (TPSA) is 75.8 Å². The third-order valence-corrected chi connectivity index (χ3v) is 3.35. The van der Waals surface area contributed by atoms with E-state index in [1.165, 1.54) is 7.11 Å². The molecule has 1 aromatic carbocycles. The van der Waals surface area contributed by atoms with Gasteiger partial charge in [0.05, 0.1) is 17.6 Å². The van der Waals surface area contributed by atoms with Crippen molar-refractivity contribution in [2.75, 3.05) is 25.1 Å². The van der Waals surface area contributed by atoms with Crippen molar-refractivity contribution in [3.63, 3.8) is 0 Å². The molecule has 18 heavy (non-hydrogen) atoms. The minimum atomic E-state index is -0.725. The number of ether oxygens (including phenoxy) is 1. The van der Waals surface area contributed by atoms with Crippen LogP contribution >= 0.6 is 0 Å². The van der Waals surface area contributed by atoms with Gasteiger partial charge in [-0.3, -0.25) is 10.1 Å². The van der Waals surface area contributed by atoms with Gasteiger partial charge in [-0.15, -0.1) is 0 Å². The van der Waals surface area contributed by atoms with Gasteiger partial charge in [-0.2, -0.15) is 0 Å². The molecular weight excluding hydrogens is 236 g/mol. The van der Waals surface area contributed by atoms with Crippen LogP contribution in [0, 0.1) is 10.1 Å². The highest BCUT2D eigenvalue weighted by molar-refractivity contribution is 5.71. The normalized spacial score (nSPS) is 17.2. The van der Waals surface area contributed by atoms with Crippen molar-refractivity contribution in [3.8, 4) is 5.75 Å². The van der Waals surface area contributed by atoms with Crippen LogP contribution in [0.25, 0.3) is 0 Å². The highest BCUT2D eigenvalue weighted by atomic mass is 16.6. The van der Waals surface area contributed by atoms with Crippen LogP contribution in [0.2, 0.25) is 0 Å². The van der Waals surface area contributed by atoms with Gasteiger partial charge in [0.1, 0.15) is 5.69 Å². The van der Waals surface area contributed by atoms with Crippen molar-refractivity contribution >= 4 is 11.4 Å². The number of hydrogen-bond donors (Lipinski definition) is 1. The standard InChI is InChI=1S/C12H16N2O4/c1-3-12(15)7-13(8-12)9-5-4-6-10(18-2)11(9)14(16)17/h4-6,15H,3,7-8H2,1-2H3. The van der Waals surface area contributed by atoms with E-state index >= 15 is 0 Å². The summed E-state index contributed by atoms with van der Waals surface area (Å²) < 4.78 is 5.01. The second kappa shape index (κ2) is 4.45. The lowest BCUT2D eigenvalue weighted by Crippen LogP contribution is -2.61. The van der Waals surface area contributed by atoms with Gasteiger partial charge in [0.2, 0.25) is 0 Å². The number of β-amino-alcohol motifs (C(OH)–C–C–N with tert-alkyl or cyclic N) is 1. The zero-order chi connectivity index (χ0) is 13.3. The van der Waals surface area contributed by atoms with Gasteiger partial charge in [-0.05, 0) is 18.6 Å². The molecule has 1 aliphatic heterocycles. The summed E-state index contributed by atoms with van der Waals surface area (Å²) in [5, 5.41) is 21.1. The highest BCUT2D eigenvalue weighted by Gasteiger charge is 2.42. The van der Waals surface area contributed by atoms with E-state index in [1.807, 2.05) is 6.92 Å². The van der Waals surface area contributed by atoms with E-state index in [4.69, 9.17) is 4.74 Å². The molecule has 0 radical (unpaired) electrons. The number of rotatable bonds is 4. The molecule has 0 bridgehead atoms. The SMILES string of the molecule is CCC1(O)CN(c2cccc(OC)c2[N+](=O)[O-])C1. The number of hydrogen-bond acceptors (Lipinski definition) is 5. The van der Waals surface area contributed by atoms with Gasteiger partial charge in [-0.1, -0.05) is 13.0 Å². The summed E-state index contributed by atoms with van der Waals surface area (Å²) in [6.45, 7) is 2.73. The molecular formula is C12H16N2O4. The number of aliphatic hydroxyl groups is 1. The Bertz CT molecular complexity index is 469. The molecule has 0 saturated carbocycles. The number of methoxy groups -OCH3 is 1. The maximum Gasteiger partial charge on any atom is 0.333 e. The molecule has 1 aliphatic rings. The molecule has 98 valence electrons. The number of nitrogens with zero attached hydrogens (tertiary/aromatic N) is 2. The van der Waals surface area contributed by atoms with Gasteiger partial charge in [0.25, 0.3) is 0 Å². The molecule has 2 rings (SSSR count). The minimum Gasteiger partial charge on any atom is -0.490 e. The van der Waals surface area contributed by atoms with E-state index in [0.717, 1.165) is 0 Å². The van der Waals surface area contributed by atoms with Crippen molar-refractivity contribution < 1.29 is 14.8 Å². The van der Waals surface area contributed by atoms with Gasteiger partial charge in [0.15, 0.2) is 5.75 Å². The molecule has 1 fully saturated rings. The smallest absolute Gasteiger partial charge is 0.333 e. The van der Waals surface area contributed by atoms with Gasteiger partial charge in [-0.25, -0.2) is 0 Å². The quantitative estimate of drug-likeness (QED) is 0.650. The first-order valence-corrected chi connectivity index (χ1v) is 5.79. The van der Waals surface area contributed by atoms with Crippen molar-refractivity contribution in [1.82, 2.24) is 0 Å². The van der Waals surface area contributed by atoms with Crippen molar-refractivity contribution in [1.29, 1.82) is 0 Å². The minimum absolute atomic E-state index is 0.0434. The molecule has 0 aromatic heterocycles. The van der Waals surface area contributed by atoms with Crippen LogP contribution in [0.5, 0.6) is 5.75 Å². The summed E-state index contributed by atoms with van der Waals surface area (Å²) >= 11 is 0. The summed E-state index contributed by atoms with van der Waals surface area (Å²) in [7, 11) is 1.41. The number of nitro groups is 1. The second-order valence-corrected chi connectivity index (χ2v) is 4.52. The van der Waals surface area contributed by atoms with E-state index in [0.29, 0.717) is 25.2 Å². The zero-order valence-electron chi connectivity index (χ0n) is 10.4. The van der Waals surface area contributed by atoms with Gasteiger partial charge >= 0.3 is 5.69 Å². The van der Waals surface area contributed by atoms with E-state index < -0.39 is 10.5 Å². The Morgan fingerprint density at radius 3 is 2.72 bits per heavy atom. The van der Waals surface area contributed by atoms with Crippen molar-refractivity contribution in [2.24, 2.45) is 0 Å². The van der Waals surface area contributed by atoms with Gasteiger partial charge in [0, 0.05) is 13.1 Å². The van der Waals surface area contributed by atoms with Crippen LogP contribution in [0.1, 0.15) is 13.3 Å². The zero-order valence-corrected chi connectivity index (χ0v) is 10.4. The predicted molar refractivity (Wildman–Crippen MR) is 67.1 cm³/mol. The summed E-state index contributed by atoms with van der Waals surface area (Å²) in [5.41, 5.74) is -0.271. The Kier molecular flexibility index (Phi) is 3.13. The lowest BCUT2D eigenvalue weighted by Gasteiger charge is -2.47. The summed E-state index contributed by atoms with van der Waals surface area (Å²) in [6, 6.07) is 4.95. The average Bonchev–Trinajstić information content (AvgIpc) is 2.33. The molecule has 0 unspecified atom stereocenters. The lowest BCUT2D eigenvalue weighted by atomic mass is 9.90. The Hall–Kier alpha value is -1.82. The monoisotopic (exact) mass is 252 g/mol. The second-order valence-electron chi connectivity index (χ2n) is 4.52. The number of anilines is 1. The Morgan fingerprint density at radius 1 is 1.56 bits per heavy atom. The van der Waals surface area contributed by atoms with E-state index in [-0.39, 0.29) is 11.4 Å². The third kappa shape index (κ3) is 1.99. The fourth-order valence-electron chi connectivity index (χ4n) is 2.17. The maximum atomic E-state index is 11.1. The van der Waals surface area contributed by atoms with Crippen LogP contribution in [0.15, 0.2) is 18.2 Å². The Balaban J connectivity index is 2.32. The summed E-state index contributed by atoms with van der Waals surface area (Å²) in [6.07, 6.45) is 0.640. The molecule has 0 amide bonds. The van der Waals surface area contributed by atoms with Crippen molar-refractivity contribution in [3.05, 3.63) is 28.3 Å². The lowest BCUT2D eigenvalue weighted by molar-refractivity contribution is -0.385. The van der Waals surface area contributed by atoms with Crippen LogP contribution in [-0.4, -0.2) is 35.8 Å². The number of para-hydroxylation sites is 1. The van der Waals surface area contributed by atoms with Crippen molar-refractivity contribution in [2.45, 2.75) is 18.9 Å². The molecule has 1 saturated heterocycles. The van der Waals surface area contributed by atoms with Crippen LogP contribution in [-0.2, 0) is 0 Å². The third-order valence-electron chi connectivity index (χ3n) is 3.35. The molecule has 1 heterocycles. The van der Waals surface area contributed by atoms with Crippen LogP contribution in [0.4, 0.5) is 11.4 Å². The molecule has 1 N–H and O–H groups in total. The number of nitro benzene ring substituents is 1. The Morgan fingerprint density at radius 2 is 2.22 bits per heavy atom. The molecule has 0 spiro atoms. The molecule has 0 atom stereocenters. The Labute approximate surface area is 105 Å². The van der Waals surface area contributed by atoms with E-state index in [9.17, 15) is 15.2 Å². The largest absolute Gasteiger partial charge is 0.490 e. The summed E-state index contributed by atoms with van der Waals surface area (Å²) in [4.78, 5) is 12.5. The van der Waals surface area contributed by atoms with E-state index in [1.54, 1.807) is 23.1 Å². The highest BCUT2D eigenvalue weighted by Crippen LogP contribution is 2.40. The maximum absolute atomic E-state index is 11.1. The summed E-state index contributed by atoms with van der Waals surface area (Å²) in [5.74, 6) is 0.240. The average molecular weight is 252 g/mol. The van der Waals surface area contributed by atoms with E-state index in [2.05, 4.69) is 0 Å². The first kappa shape index (κ1) is 12.6. The van der Waals surface area contributed by atoms with Crippen LogP contribution in [0.3, 0.4) is 0 Å². The molecule has 6 nitrogen and oxygen atoms in total. The van der Waals surface area contributed by atoms with Gasteiger partial charge < -0.3 is 14.7 Å². The first-order valence-electron chi connectivity index (χ1n) is 5.79. The fraction of sp³-hybridized carbons (Fsp3) is 0.500.